The Balaban J connectivity index is 1.75. The zero-order chi connectivity index (χ0) is 16.2. The van der Waals surface area contributed by atoms with Crippen LogP contribution in [0.4, 0.5) is 5.13 Å². The number of benzene rings is 1. The molecule has 0 radical (unpaired) electrons. The van der Waals surface area contributed by atoms with Crippen LogP contribution < -0.4 is 5.32 Å². The van der Waals surface area contributed by atoms with Crippen LogP contribution in [0.1, 0.15) is 34.8 Å². The van der Waals surface area contributed by atoms with Crippen LogP contribution in [0.15, 0.2) is 29.6 Å². The number of aryl methyl sites for hydroxylation is 2. The van der Waals surface area contributed by atoms with Gasteiger partial charge < -0.3 is 0 Å². The zero-order valence-corrected chi connectivity index (χ0v) is 14.5. The summed E-state index contributed by atoms with van der Waals surface area (Å²) in [4.78, 5) is 17.3. The first-order chi connectivity index (χ1) is 11.2. The van der Waals surface area contributed by atoms with Crippen LogP contribution in [0.3, 0.4) is 0 Å². The SMILES string of the molecule is CCc1ccc(-c2csc(NC(=O)c3snnc3CC)n2)cc1. The molecular formula is C16H16N4OS2. The first-order valence-electron chi connectivity index (χ1n) is 7.38. The Morgan fingerprint density at radius 3 is 2.65 bits per heavy atom. The van der Waals surface area contributed by atoms with Crippen LogP contribution in [-0.4, -0.2) is 20.5 Å². The number of carbonyl (C=O) groups excluding carboxylic acids is 1. The molecule has 5 nitrogen and oxygen atoms in total. The van der Waals surface area contributed by atoms with Gasteiger partial charge in [0.25, 0.3) is 5.91 Å². The Hall–Kier alpha value is -2.12. The van der Waals surface area contributed by atoms with Crippen molar-refractivity contribution in [2.24, 2.45) is 0 Å². The molecule has 0 aliphatic rings. The molecule has 23 heavy (non-hydrogen) atoms. The van der Waals surface area contributed by atoms with Gasteiger partial charge in [0.15, 0.2) is 5.13 Å². The third-order valence-electron chi connectivity index (χ3n) is 3.48. The number of carbonyl (C=O) groups is 1. The molecule has 0 aliphatic carbocycles. The third-order valence-corrected chi connectivity index (χ3v) is 5.00. The number of hydrogen-bond donors (Lipinski definition) is 1. The maximum atomic E-state index is 12.3. The molecule has 3 aromatic rings. The lowest BCUT2D eigenvalue weighted by molar-refractivity contribution is 0.102. The smallest absolute Gasteiger partial charge is 0.271 e. The van der Waals surface area contributed by atoms with Crippen molar-refractivity contribution >= 4 is 33.9 Å². The molecule has 0 saturated carbocycles. The van der Waals surface area contributed by atoms with Gasteiger partial charge in [0.2, 0.25) is 0 Å². The molecule has 118 valence electrons. The Morgan fingerprint density at radius 1 is 1.17 bits per heavy atom. The Bertz CT molecular complexity index is 808. The summed E-state index contributed by atoms with van der Waals surface area (Å²) in [5.74, 6) is -0.195. The molecule has 0 unspecified atom stereocenters. The van der Waals surface area contributed by atoms with Crippen molar-refractivity contribution in [2.45, 2.75) is 26.7 Å². The van der Waals surface area contributed by atoms with E-state index in [-0.39, 0.29) is 5.91 Å². The van der Waals surface area contributed by atoms with Crippen molar-refractivity contribution < 1.29 is 4.79 Å². The highest BCUT2D eigenvalue weighted by Crippen LogP contribution is 2.26. The Morgan fingerprint density at radius 2 is 1.96 bits per heavy atom. The molecule has 0 saturated heterocycles. The summed E-state index contributed by atoms with van der Waals surface area (Å²) in [5, 5.41) is 9.32. The van der Waals surface area contributed by atoms with Crippen LogP contribution in [0.2, 0.25) is 0 Å². The van der Waals surface area contributed by atoms with Gasteiger partial charge in [-0.15, -0.1) is 16.4 Å². The van der Waals surface area contributed by atoms with Gasteiger partial charge >= 0.3 is 0 Å². The van der Waals surface area contributed by atoms with E-state index in [1.54, 1.807) is 0 Å². The van der Waals surface area contributed by atoms with Crippen LogP contribution in [0, 0.1) is 0 Å². The fourth-order valence-electron chi connectivity index (χ4n) is 2.14. The number of thiazole rings is 1. The molecule has 3 rings (SSSR count). The minimum Gasteiger partial charge on any atom is -0.297 e. The first kappa shape index (κ1) is 15.8. The van der Waals surface area contributed by atoms with E-state index in [4.69, 9.17) is 0 Å². The number of amides is 1. The minimum atomic E-state index is -0.195. The van der Waals surface area contributed by atoms with Gasteiger partial charge in [-0.05, 0) is 29.9 Å². The van der Waals surface area contributed by atoms with E-state index < -0.39 is 0 Å². The summed E-state index contributed by atoms with van der Waals surface area (Å²) in [6.07, 6.45) is 1.70. The Labute approximate surface area is 142 Å². The number of rotatable bonds is 5. The molecule has 0 spiro atoms. The topological polar surface area (TPSA) is 67.8 Å². The van der Waals surface area contributed by atoms with Gasteiger partial charge in [-0.25, -0.2) is 4.98 Å². The molecule has 0 bridgehead atoms. The fourth-order valence-corrected chi connectivity index (χ4v) is 3.50. The molecule has 7 heteroatoms. The van der Waals surface area contributed by atoms with Crippen LogP contribution in [0.25, 0.3) is 11.3 Å². The molecule has 0 aliphatic heterocycles. The van der Waals surface area contributed by atoms with E-state index in [1.165, 1.54) is 16.9 Å². The van der Waals surface area contributed by atoms with Gasteiger partial charge in [0.1, 0.15) is 4.88 Å². The van der Waals surface area contributed by atoms with Crippen molar-refractivity contribution in [3.8, 4) is 11.3 Å². The first-order valence-corrected chi connectivity index (χ1v) is 9.04. The van der Waals surface area contributed by atoms with E-state index in [2.05, 4.69) is 51.1 Å². The van der Waals surface area contributed by atoms with Gasteiger partial charge in [0, 0.05) is 10.9 Å². The minimum absolute atomic E-state index is 0.195. The van der Waals surface area contributed by atoms with Crippen molar-refractivity contribution in [3.05, 3.63) is 45.8 Å². The van der Waals surface area contributed by atoms with Crippen LogP contribution in [-0.2, 0) is 12.8 Å². The molecule has 2 aromatic heterocycles. The molecule has 1 aromatic carbocycles. The van der Waals surface area contributed by atoms with E-state index in [0.29, 0.717) is 16.4 Å². The second-order valence-electron chi connectivity index (χ2n) is 4.94. The highest BCUT2D eigenvalue weighted by Gasteiger charge is 2.16. The third kappa shape index (κ3) is 3.46. The van der Waals surface area contributed by atoms with E-state index in [0.717, 1.165) is 34.9 Å². The lowest BCUT2D eigenvalue weighted by Crippen LogP contribution is -2.12. The maximum absolute atomic E-state index is 12.3. The second-order valence-corrected chi connectivity index (χ2v) is 6.56. The van der Waals surface area contributed by atoms with Crippen molar-refractivity contribution in [1.29, 1.82) is 0 Å². The largest absolute Gasteiger partial charge is 0.297 e. The number of nitrogens with zero attached hydrogens (tertiary/aromatic N) is 3. The summed E-state index contributed by atoms with van der Waals surface area (Å²) in [6.45, 7) is 4.08. The summed E-state index contributed by atoms with van der Waals surface area (Å²) >= 11 is 2.53. The quantitative estimate of drug-likeness (QED) is 0.758. The molecule has 0 fully saturated rings. The average Bonchev–Trinajstić information content (AvgIpc) is 3.23. The van der Waals surface area contributed by atoms with E-state index >= 15 is 0 Å². The predicted molar refractivity (Wildman–Crippen MR) is 94.2 cm³/mol. The standard InChI is InChI=1S/C16H16N4OS2/c1-3-10-5-7-11(8-6-10)13-9-22-16(17-13)18-15(21)14-12(4-2)19-20-23-14/h5-9H,3-4H2,1-2H3,(H,17,18,21). The van der Waals surface area contributed by atoms with Gasteiger partial charge in [0.05, 0.1) is 11.4 Å². The summed E-state index contributed by atoms with van der Waals surface area (Å²) in [7, 11) is 0. The van der Waals surface area contributed by atoms with Gasteiger partial charge in [-0.2, -0.15) is 0 Å². The molecule has 1 N–H and O–H groups in total. The Kier molecular flexibility index (Phi) is 4.78. The van der Waals surface area contributed by atoms with Gasteiger partial charge in [-0.1, -0.05) is 42.6 Å². The van der Waals surface area contributed by atoms with E-state index in [9.17, 15) is 4.79 Å². The predicted octanol–water partition coefficient (Wildman–Crippen LogP) is 4.04. The fraction of sp³-hybridized carbons (Fsp3) is 0.250. The monoisotopic (exact) mass is 344 g/mol. The lowest BCUT2D eigenvalue weighted by Gasteiger charge is -2.00. The van der Waals surface area contributed by atoms with E-state index in [1.807, 2.05) is 12.3 Å². The molecule has 1 amide bonds. The maximum Gasteiger partial charge on any atom is 0.271 e. The summed E-state index contributed by atoms with van der Waals surface area (Å²) < 4.78 is 3.84. The second kappa shape index (κ2) is 6.97. The van der Waals surface area contributed by atoms with Crippen molar-refractivity contribution in [3.63, 3.8) is 0 Å². The van der Waals surface area contributed by atoms with Crippen molar-refractivity contribution in [1.82, 2.24) is 14.6 Å². The zero-order valence-electron chi connectivity index (χ0n) is 12.9. The lowest BCUT2D eigenvalue weighted by atomic mass is 10.1. The summed E-state index contributed by atoms with van der Waals surface area (Å²) in [5.41, 5.74) is 3.93. The van der Waals surface area contributed by atoms with Crippen LogP contribution in [0.5, 0.6) is 0 Å². The number of anilines is 1. The number of nitrogens with one attached hydrogen (secondary N) is 1. The number of aromatic nitrogens is 3. The molecular weight excluding hydrogens is 328 g/mol. The highest BCUT2D eigenvalue weighted by molar-refractivity contribution is 7.14. The average molecular weight is 344 g/mol. The number of hydrogen-bond acceptors (Lipinski definition) is 6. The molecule has 2 heterocycles. The molecule has 0 atom stereocenters. The summed E-state index contributed by atoms with van der Waals surface area (Å²) in [6, 6.07) is 8.32. The van der Waals surface area contributed by atoms with Crippen molar-refractivity contribution in [2.75, 3.05) is 5.32 Å². The van der Waals surface area contributed by atoms with Gasteiger partial charge in [-0.3, -0.25) is 10.1 Å². The van der Waals surface area contributed by atoms with Crippen LogP contribution >= 0.6 is 22.9 Å². The normalized spacial score (nSPS) is 10.7. The highest BCUT2D eigenvalue weighted by atomic mass is 32.1.